The van der Waals surface area contributed by atoms with Crippen LogP contribution >= 0.6 is 0 Å². The molecule has 1 saturated heterocycles. The second-order valence-corrected chi connectivity index (χ2v) is 7.75. The topological polar surface area (TPSA) is 102 Å². The molecule has 0 saturated carbocycles. The van der Waals surface area contributed by atoms with Crippen molar-refractivity contribution in [1.29, 1.82) is 0 Å². The molecule has 0 bridgehead atoms. The van der Waals surface area contributed by atoms with Crippen molar-refractivity contribution in [3.8, 4) is 0 Å². The molecule has 136 valence electrons. The van der Waals surface area contributed by atoms with Gasteiger partial charge in [-0.05, 0) is 34.1 Å². The fourth-order valence-corrected chi connectivity index (χ4v) is 4.41. The van der Waals surface area contributed by atoms with E-state index in [0.717, 1.165) is 6.42 Å². The number of sulfonamides is 1. The summed E-state index contributed by atoms with van der Waals surface area (Å²) in [7, 11) is -3.87. The van der Waals surface area contributed by atoms with E-state index in [1.54, 1.807) is 18.7 Å². The fourth-order valence-electron chi connectivity index (χ4n) is 2.89. The third kappa shape index (κ3) is 4.14. The Bertz CT molecular complexity index is 660. The predicted molar refractivity (Wildman–Crippen MR) is 86.9 cm³/mol. The number of carbonyl (C=O) groups is 1. The number of hydrogen-bond acceptors (Lipinski definition) is 6. The largest absolute Gasteiger partial charge is 0.381 e. The second kappa shape index (κ2) is 7.62. The van der Waals surface area contributed by atoms with E-state index >= 15 is 0 Å². The molecule has 1 aliphatic rings. The average Bonchev–Trinajstić information content (AvgIpc) is 3.13. The van der Waals surface area contributed by atoms with Crippen molar-refractivity contribution in [2.75, 3.05) is 26.3 Å². The van der Waals surface area contributed by atoms with E-state index in [0.29, 0.717) is 32.2 Å². The molecular formula is C15H25N3O5S. The molecule has 1 aliphatic heterocycles. The van der Waals surface area contributed by atoms with Crippen LogP contribution < -0.4 is 4.72 Å². The number of aromatic nitrogens is 1. The normalized spacial score (nSPS) is 19.4. The molecule has 9 heteroatoms. The van der Waals surface area contributed by atoms with Gasteiger partial charge in [-0.15, -0.1) is 0 Å². The first kappa shape index (κ1) is 18.9. The van der Waals surface area contributed by atoms with Gasteiger partial charge in [0.25, 0.3) is 0 Å². The zero-order valence-corrected chi connectivity index (χ0v) is 15.4. The Hall–Kier alpha value is -1.45. The van der Waals surface area contributed by atoms with Crippen molar-refractivity contribution >= 4 is 15.9 Å². The molecular weight excluding hydrogens is 334 g/mol. The number of carbonyl (C=O) groups excluding carboxylic acids is 1. The van der Waals surface area contributed by atoms with Crippen LogP contribution in [0.15, 0.2) is 9.42 Å². The van der Waals surface area contributed by atoms with E-state index in [1.165, 1.54) is 6.92 Å². The summed E-state index contributed by atoms with van der Waals surface area (Å²) < 4.78 is 37.7. The number of rotatable bonds is 7. The first-order chi connectivity index (χ1) is 11.3. The van der Waals surface area contributed by atoms with Crippen molar-refractivity contribution in [2.45, 2.75) is 45.1 Å². The highest BCUT2D eigenvalue weighted by molar-refractivity contribution is 7.89. The van der Waals surface area contributed by atoms with Gasteiger partial charge in [0.2, 0.25) is 15.9 Å². The molecule has 0 spiro atoms. The first-order valence-electron chi connectivity index (χ1n) is 8.08. The summed E-state index contributed by atoms with van der Waals surface area (Å²) in [6.07, 6.45) is 0.920. The summed E-state index contributed by atoms with van der Waals surface area (Å²) in [4.78, 5) is 14.3. The van der Waals surface area contributed by atoms with Crippen LogP contribution in [0.4, 0.5) is 0 Å². The van der Waals surface area contributed by atoms with Crippen LogP contribution in [0.5, 0.6) is 0 Å². The lowest BCUT2D eigenvalue weighted by molar-refractivity contribution is -0.133. The molecule has 0 aliphatic carbocycles. The van der Waals surface area contributed by atoms with Crippen LogP contribution in [-0.4, -0.2) is 56.7 Å². The summed E-state index contributed by atoms with van der Waals surface area (Å²) in [5.41, 5.74) is 0.273. The van der Waals surface area contributed by atoms with Gasteiger partial charge < -0.3 is 14.2 Å². The van der Waals surface area contributed by atoms with Crippen LogP contribution in [0, 0.1) is 19.8 Å². The van der Waals surface area contributed by atoms with Gasteiger partial charge in [-0.2, -0.15) is 4.72 Å². The Balaban J connectivity index is 2.06. The quantitative estimate of drug-likeness (QED) is 0.774. The lowest BCUT2D eigenvalue weighted by atomic mass is 10.1. The number of aryl methyl sites for hydroxylation is 2. The van der Waals surface area contributed by atoms with Crippen molar-refractivity contribution in [3.63, 3.8) is 0 Å². The minimum atomic E-state index is -3.87. The molecule has 2 atom stereocenters. The van der Waals surface area contributed by atoms with Crippen molar-refractivity contribution in [3.05, 3.63) is 11.5 Å². The van der Waals surface area contributed by atoms with E-state index in [-0.39, 0.29) is 22.3 Å². The number of nitrogens with zero attached hydrogens (tertiary/aromatic N) is 2. The Morgan fingerprint density at radius 3 is 2.67 bits per heavy atom. The molecule has 1 aromatic rings. The maximum atomic E-state index is 12.6. The summed E-state index contributed by atoms with van der Waals surface area (Å²) in [6, 6.07) is -0.869. The summed E-state index contributed by atoms with van der Waals surface area (Å²) in [5, 5.41) is 3.65. The average molecular weight is 359 g/mol. The third-order valence-corrected chi connectivity index (χ3v) is 5.92. The SMILES string of the molecule is CCN(CC1CCOC1)C(=O)[C@H](C)NS(=O)(=O)c1c(C)noc1C. The highest BCUT2D eigenvalue weighted by atomic mass is 32.2. The van der Waals surface area contributed by atoms with Gasteiger partial charge in [0.1, 0.15) is 10.6 Å². The molecule has 1 fully saturated rings. The van der Waals surface area contributed by atoms with E-state index < -0.39 is 16.1 Å². The van der Waals surface area contributed by atoms with Crippen LogP contribution in [0.2, 0.25) is 0 Å². The maximum absolute atomic E-state index is 12.6. The van der Waals surface area contributed by atoms with Gasteiger partial charge in [-0.3, -0.25) is 4.79 Å². The van der Waals surface area contributed by atoms with Gasteiger partial charge in [-0.25, -0.2) is 8.42 Å². The van der Waals surface area contributed by atoms with Gasteiger partial charge in [0.05, 0.1) is 12.6 Å². The molecule has 2 heterocycles. The minimum Gasteiger partial charge on any atom is -0.381 e. The van der Waals surface area contributed by atoms with Crippen LogP contribution in [0.3, 0.4) is 0 Å². The van der Waals surface area contributed by atoms with Gasteiger partial charge in [-0.1, -0.05) is 5.16 Å². The molecule has 0 aromatic carbocycles. The Morgan fingerprint density at radius 2 is 2.17 bits per heavy atom. The summed E-state index contributed by atoms with van der Waals surface area (Å²) in [5.74, 6) is 0.259. The molecule has 1 unspecified atom stereocenters. The lowest BCUT2D eigenvalue weighted by Crippen LogP contribution is -2.48. The summed E-state index contributed by atoms with van der Waals surface area (Å²) in [6.45, 7) is 8.96. The number of ether oxygens (including phenoxy) is 1. The van der Waals surface area contributed by atoms with E-state index in [2.05, 4.69) is 9.88 Å². The number of amides is 1. The van der Waals surface area contributed by atoms with E-state index in [9.17, 15) is 13.2 Å². The Morgan fingerprint density at radius 1 is 1.46 bits per heavy atom. The highest BCUT2D eigenvalue weighted by Gasteiger charge is 2.30. The Labute approximate surface area is 142 Å². The van der Waals surface area contributed by atoms with Crippen LogP contribution in [-0.2, 0) is 19.6 Å². The minimum absolute atomic E-state index is 0.00519. The van der Waals surface area contributed by atoms with E-state index in [1.807, 2.05) is 6.92 Å². The molecule has 0 radical (unpaired) electrons. The molecule has 1 amide bonds. The molecule has 8 nitrogen and oxygen atoms in total. The van der Waals surface area contributed by atoms with Crippen molar-refractivity contribution in [2.24, 2.45) is 5.92 Å². The zero-order valence-electron chi connectivity index (χ0n) is 14.5. The van der Waals surface area contributed by atoms with Crippen LogP contribution in [0.25, 0.3) is 0 Å². The number of likely N-dealkylation sites (N-methyl/N-ethyl adjacent to an activating group) is 1. The van der Waals surface area contributed by atoms with Gasteiger partial charge in [0, 0.05) is 25.6 Å². The monoisotopic (exact) mass is 359 g/mol. The van der Waals surface area contributed by atoms with Crippen molar-refractivity contribution < 1.29 is 22.5 Å². The summed E-state index contributed by atoms with van der Waals surface area (Å²) >= 11 is 0. The molecule has 1 N–H and O–H groups in total. The molecule has 1 aromatic heterocycles. The lowest BCUT2D eigenvalue weighted by Gasteiger charge is -2.27. The third-order valence-electron chi connectivity index (χ3n) is 4.13. The number of nitrogens with one attached hydrogen (secondary N) is 1. The first-order valence-corrected chi connectivity index (χ1v) is 9.56. The number of hydrogen-bond donors (Lipinski definition) is 1. The van der Waals surface area contributed by atoms with Crippen LogP contribution in [0.1, 0.15) is 31.7 Å². The smallest absolute Gasteiger partial charge is 0.246 e. The van der Waals surface area contributed by atoms with Gasteiger partial charge in [0.15, 0.2) is 5.76 Å². The van der Waals surface area contributed by atoms with Gasteiger partial charge >= 0.3 is 0 Å². The second-order valence-electron chi connectivity index (χ2n) is 6.10. The standard InChI is InChI=1S/C15H25N3O5S/c1-5-18(8-13-6-7-22-9-13)15(19)11(3)17-24(20,21)14-10(2)16-23-12(14)4/h11,13,17H,5-9H2,1-4H3/t11-,13?/m0/s1. The van der Waals surface area contributed by atoms with Crippen molar-refractivity contribution in [1.82, 2.24) is 14.8 Å². The Kier molecular flexibility index (Phi) is 6.00. The predicted octanol–water partition coefficient (Wildman–Crippen LogP) is 0.843. The molecule has 24 heavy (non-hydrogen) atoms. The fraction of sp³-hybridized carbons (Fsp3) is 0.733. The highest BCUT2D eigenvalue weighted by Crippen LogP contribution is 2.19. The maximum Gasteiger partial charge on any atom is 0.246 e. The van der Waals surface area contributed by atoms with E-state index in [4.69, 9.17) is 9.26 Å². The molecule has 2 rings (SSSR count). The zero-order chi connectivity index (χ0) is 17.9.